The summed E-state index contributed by atoms with van der Waals surface area (Å²) >= 11 is 0. The van der Waals surface area contributed by atoms with Gasteiger partial charge in [0.05, 0.1) is 12.3 Å². The highest BCUT2D eigenvalue weighted by molar-refractivity contribution is 5.67. The quantitative estimate of drug-likeness (QED) is 0.384. The lowest BCUT2D eigenvalue weighted by atomic mass is 10.1. The zero-order valence-corrected chi connectivity index (χ0v) is 18.6. The van der Waals surface area contributed by atoms with Gasteiger partial charge >= 0.3 is 0 Å². The van der Waals surface area contributed by atoms with E-state index in [0.29, 0.717) is 23.9 Å². The van der Waals surface area contributed by atoms with Crippen molar-refractivity contribution in [2.75, 3.05) is 43.3 Å². The van der Waals surface area contributed by atoms with Crippen LogP contribution >= 0.6 is 0 Å². The molecular formula is C25H26N6O2. The van der Waals surface area contributed by atoms with E-state index in [1.807, 2.05) is 84.7 Å². The lowest BCUT2D eigenvalue weighted by molar-refractivity contribution is 0.206. The molecule has 2 aromatic heterocycles. The van der Waals surface area contributed by atoms with Crippen molar-refractivity contribution in [2.24, 2.45) is 0 Å². The largest absolute Gasteiger partial charge is 0.457 e. The molecule has 0 saturated carbocycles. The van der Waals surface area contributed by atoms with Gasteiger partial charge in [-0.25, -0.2) is 9.97 Å². The summed E-state index contributed by atoms with van der Waals surface area (Å²) in [5.41, 5.74) is 8.48. The SMILES string of the molecule is COCCN(C)c1cc(Oc2cccc(Nc3cc(-c4ccccc4)nc(N)n3)c2)ccn1. The number of nitrogens with two attached hydrogens (primary N) is 1. The molecule has 4 rings (SSSR count). The first kappa shape index (κ1) is 22.0. The van der Waals surface area contributed by atoms with Crippen molar-refractivity contribution in [1.29, 1.82) is 0 Å². The summed E-state index contributed by atoms with van der Waals surface area (Å²) < 4.78 is 11.2. The van der Waals surface area contributed by atoms with Crippen molar-refractivity contribution >= 4 is 23.3 Å². The van der Waals surface area contributed by atoms with Crippen LogP contribution in [0.2, 0.25) is 0 Å². The molecule has 0 unspecified atom stereocenters. The topological polar surface area (TPSA) is 98.4 Å². The fourth-order valence-corrected chi connectivity index (χ4v) is 3.22. The zero-order chi connectivity index (χ0) is 23.0. The molecule has 0 aliphatic heterocycles. The highest BCUT2D eigenvalue weighted by Crippen LogP contribution is 2.28. The number of hydrogen-bond acceptors (Lipinski definition) is 8. The van der Waals surface area contributed by atoms with E-state index in [1.54, 1.807) is 13.3 Å². The van der Waals surface area contributed by atoms with Gasteiger partial charge in [0.1, 0.15) is 23.1 Å². The maximum Gasteiger partial charge on any atom is 0.222 e. The molecule has 0 aliphatic carbocycles. The second-order valence-electron chi connectivity index (χ2n) is 7.38. The van der Waals surface area contributed by atoms with Crippen molar-refractivity contribution in [1.82, 2.24) is 15.0 Å². The Morgan fingerprint density at radius 3 is 2.58 bits per heavy atom. The molecule has 2 aromatic carbocycles. The third-order valence-corrected chi connectivity index (χ3v) is 4.89. The van der Waals surface area contributed by atoms with Crippen LogP contribution < -0.4 is 20.7 Å². The van der Waals surface area contributed by atoms with Gasteiger partial charge in [-0.2, -0.15) is 4.98 Å². The second kappa shape index (κ2) is 10.4. The molecule has 33 heavy (non-hydrogen) atoms. The maximum absolute atomic E-state index is 6.07. The summed E-state index contributed by atoms with van der Waals surface area (Å²) in [4.78, 5) is 15.1. The third kappa shape index (κ3) is 5.96. The summed E-state index contributed by atoms with van der Waals surface area (Å²) in [7, 11) is 3.65. The fraction of sp³-hybridized carbons (Fsp3) is 0.160. The highest BCUT2D eigenvalue weighted by Gasteiger charge is 2.08. The lowest BCUT2D eigenvalue weighted by Crippen LogP contribution is -2.22. The van der Waals surface area contributed by atoms with Gasteiger partial charge in [-0.1, -0.05) is 36.4 Å². The van der Waals surface area contributed by atoms with Crippen LogP contribution in [-0.2, 0) is 4.74 Å². The van der Waals surface area contributed by atoms with Crippen LogP contribution in [-0.4, -0.2) is 42.3 Å². The molecular weight excluding hydrogens is 416 g/mol. The monoisotopic (exact) mass is 442 g/mol. The Balaban J connectivity index is 1.50. The molecule has 8 heteroatoms. The molecule has 0 radical (unpaired) electrons. The Bertz CT molecular complexity index is 1200. The van der Waals surface area contributed by atoms with Crippen LogP contribution in [0.4, 0.5) is 23.3 Å². The van der Waals surface area contributed by atoms with Gasteiger partial charge in [0.2, 0.25) is 5.95 Å². The van der Waals surface area contributed by atoms with Crippen molar-refractivity contribution in [3.63, 3.8) is 0 Å². The number of rotatable bonds is 9. The van der Waals surface area contributed by atoms with Crippen molar-refractivity contribution in [2.45, 2.75) is 0 Å². The van der Waals surface area contributed by atoms with Crippen LogP contribution in [0.5, 0.6) is 11.5 Å². The van der Waals surface area contributed by atoms with Gasteiger partial charge < -0.3 is 25.4 Å². The average Bonchev–Trinajstić information content (AvgIpc) is 2.83. The number of pyridine rings is 1. The Morgan fingerprint density at radius 1 is 0.939 bits per heavy atom. The summed E-state index contributed by atoms with van der Waals surface area (Å²) in [6.45, 7) is 1.36. The van der Waals surface area contributed by atoms with Gasteiger partial charge in [0, 0.05) is 56.3 Å². The van der Waals surface area contributed by atoms with Gasteiger partial charge in [-0.3, -0.25) is 0 Å². The zero-order valence-electron chi connectivity index (χ0n) is 18.6. The van der Waals surface area contributed by atoms with Gasteiger partial charge in [0.15, 0.2) is 0 Å². The fourth-order valence-electron chi connectivity index (χ4n) is 3.22. The van der Waals surface area contributed by atoms with Gasteiger partial charge in [-0.05, 0) is 18.2 Å². The minimum absolute atomic E-state index is 0.202. The number of ether oxygens (including phenoxy) is 2. The highest BCUT2D eigenvalue weighted by atomic mass is 16.5. The summed E-state index contributed by atoms with van der Waals surface area (Å²) in [5, 5.41) is 3.29. The van der Waals surface area contributed by atoms with E-state index in [9.17, 15) is 0 Å². The Hall–Kier alpha value is -4.17. The molecule has 2 heterocycles. The molecule has 4 aromatic rings. The van der Waals surface area contributed by atoms with E-state index in [2.05, 4.69) is 20.3 Å². The van der Waals surface area contributed by atoms with E-state index in [0.717, 1.165) is 29.3 Å². The molecule has 0 amide bonds. The summed E-state index contributed by atoms with van der Waals surface area (Å²) in [5.74, 6) is 2.99. The summed E-state index contributed by atoms with van der Waals surface area (Å²) in [6, 6.07) is 23.1. The van der Waals surface area contributed by atoms with E-state index >= 15 is 0 Å². The molecule has 0 atom stereocenters. The van der Waals surface area contributed by atoms with E-state index in [4.69, 9.17) is 15.2 Å². The van der Waals surface area contributed by atoms with Crippen LogP contribution in [0, 0.1) is 0 Å². The van der Waals surface area contributed by atoms with Crippen molar-refractivity contribution < 1.29 is 9.47 Å². The molecule has 0 aliphatic rings. The lowest BCUT2D eigenvalue weighted by Gasteiger charge is -2.18. The third-order valence-electron chi connectivity index (χ3n) is 4.89. The van der Waals surface area contributed by atoms with Crippen LogP contribution in [0.1, 0.15) is 0 Å². The smallest absolute Gasteiger partial charge is 0.222 e. The molecule has 0 bridgehead atoms. The molecule has 168 valence electrons. The Labute approximate surface area is 193 Å². The van der Waals surface area contributed by atoms with E-state index in [-0.39, 0.29) is 5.95 Å². The van der Waals surface area contributed by atoms with Crippen LogP contribution in [0.3, 0.4) is 0 Å². The van der Waals surface area contributed by atoms with E-state index < -0.39 is 0 Å². The Kier molecular flexibility index (Phi) is 6.96. The van der Waals surface area contributed by atoms with E-state index in [1.165, 1.54) is 0 Å². The molecule has 8 nitrogen and oxygen atoms in total. The normalized spacial score (nSPS) is 10.6. The predicted octanol–water partition coefficient (Wildman–Crippen LogP) is 4.74. The predicted molar refractivity (Wildman–Crippen MR) is 131 cm³/mol. The minimum Gasteiger partial charge on any atom is -0.457 e. The number of benzene rings is 2. The molecule has 0 fully saturated rings. The number of nitrogens with zero attached hydrogens (tertiary/aromatic N) is 4. The number of likely N-dealkylation sites (N-methyl/N-ethyl adjacent to an activating group) is 1. The van der Waals surface area contributed by atoms with Gasteiger partial charge in [0.25, 0.3) is 0 Å². The minimum atomic E-state index is 0.202. The molecule has 0 saturated heterocycles. The standard InChI is InChI=1S/C25H26N6O2/c1-31(13-14-32-2)24-16-21(11-12-27-24)33-20-10-6-9-19(15-20)28-23-17-22(29-25(26)30-23)18-7-4-3-5-8-18/h3-12,15-17H,13-14H2,1-2H3,(H3,26,28,29,30). The molecule has 0 spiro atoms. The first-order valence-corrected chi connectivity index (χ1v) is 10.5. The number of hydrogen-bond donors (Lipinski definition) is 2. The van der Waals surface area contributed by atoms with Crippen LogP contribution in [0.25, 0.3) is 11.3 Å². The first-order chi connectivity index (χ1) is 16.1. The average molecular weight is 443 g/mol. The number of nitrogens with one attached hydrogen (secondary N) is 1. The summed E-state index contributed by atoms with van der Waals surface area (Å²) in [6.07, 6.45) is 1.73. The molecule has 3 N–H and O–H groups in total. The Morgan fingerprint density at radius 2 is 1.76 bits per heavy atom. The number of anilines is 4. The first-order valence-electron chi connectivity index (χ1n) is 10.5. The van der Waals surface area contributed by atoms with Crippen molar-refractivity contribution in [3.8, 4) is 22.8 Å². The maximum atomic E-state index is 6.07. The second-order valence-corrected chi connectivity index (χ2v) is 7.38. The van der Waals surface area contributed by atoms with Crippen LogP contribution in [0.15, 0.2) is 79.0 Å². The number of methoxy groups -OCH3 is 1. The number of aromatic nitrogens is 3. The number of nitrogen functional groups attached to an aromatic ring is 1. The van der Waals surface area contributed by atoms with Crippen molar-refractivity contribution in [3.05, 3.63) is 79.0 Å². The van der Waals surface area contributed by atoms with Gasteiger partial charge in [-0.15, -0.1) is 0 Å².